The number of nitrogens with zero attached hydrogens (tertiary/aromatic N) is 1. The molecule has 0 radical (unpaired) electrons. The number of halogens is 2. The van der Waals surface area contributed by atoms with E-state index in [4.69, 9.17) is 5.11 Å². The highest BCUT2D eigenvalue weighted by Crippen LogP contribution is 2.25. The molecule has 118 valence electrons. The first kappa shape index (κ1) is 15.4. The van der Waals surface area contributed by atoms with Crippen LogP contribution in [-0.4, -0.2) is 15.6 Å². The number of aryl methyl sites for hydroxylation is 1. The lowest BCUT2D eigenvalue weighted by atomic mass is 10.1. The van der Waals surface area contributed by atoms with E-state index >= 15 is 0 Å². The van der Waals surface area contributed by atoms with E-state index in [-0.39, 0.29) is 16.9 Å². The molecule has 0 aliphatic heterocycles. The summed E-state index contributed by atoms with van der Waals surface area (Å²) in [7, 11) is 1.56. The molecule has 1 N–H and O–H groups in total. The summed E-state index contributed by atoms with van der Waals surface area (Å²) in [6.45, 7) is 0. The van der Waals surface area contributed by atoms with Gasteiger partial charge in [0.2, 0.25) is 0 Å². The number of fused-ring (bicyclic) bond motifs is 1. The van der Waals surface area contributed by atoms with Crippen molar-refractivity contribution in [3.63, 3.8) is 0 Å². The van der Waals surface area contributed by atoms with Crippen LogP contribution in [0.15, 0.2) is 35.1 Å². The van der Waals surface area contributed by atoms with Gasteiger partial charge in [0.25, 0.3) is 5.56 Å². The van der Waals surface area contributed by atoms with Crippen molar-refractivity contribution in [2.75, 3.05) is 0 Å². The number of rotatable bonds is 3. The van der Waals surface area contributed by atoms with Crippen LogP contribution in [0.5, 0.6) is 0 Å². The number of thiophene rings is 1. The minimum Gasteiger partial charge on any atom is -0.477 e. The number of pyridine rings is 1. The maximum Gasteiger partial charge on any atom is 0.345 e. The summed E-state index contributed by atoms with van der Waals surface area (Å²) in [5.41, 5.74) is 0.566. The monoisotopic (exact) mass is 335 g/mol. The number of carboxylic acid groups (broad SMARTS) is 1. The first-order valence-electron chi connectivity index (χ1n) is 6.66. The number of aromatic nitrogens is 1. The third kappa shape index (κ3) is 2.75. The highest BCUT2D eigenvalue weighted by Gasteiger charge is 2.14. The fraction of sp³-hybridized carbons (Fsp3) is 0.125. The molecule has 0 bridgehead atoms. The second-order valence-electron chi connectivity index (χ2n) is 5.14. The normalized spacial score (nSPS) is 11.1. The molecule has 3 rings (SSSR count). The van der Waals surface area contributed by atoms with E-state index in [2.05, 4.69) is 0 Å². The van der Waals surface area contributed by atoms with Crippen molar-refractivity contribution in [1.29, 1.82) is 0 Å². The van der Waals surface area contributed by atoms with Crippen molar-refractivity contribution >= 4 is 27.5 Å². The predicted molar refractivity (Wildman–Crippen MR) is 83.2 cm³/mol. The molecule has 23 heavy (non-hydrogen) atoms. The van der Waals surface area contributed by atoms with Gasteiger partial charge in [-0.05, 0) is 29.8 Å². The Morgan fingerprint density at radius 2 is 1.96 bits per heavy atom. The Hall–Kier alpha value is -2.54. The molecule has 1 aromatic carbocycles. The SMILES string of the molecule is Cn1c(=O)c(Cc2ccc(F)c(F)c2)cc2cc(C(=O)O)sc21. The highest BCUT2D eigenvalue weighted by atomic mass is 32.1. The van der Waals surface area contributed by atoms with E-state index in [9.17, 15) is 18.4 Å². The topological polar surface area (TPSA) is 59.3 Å². The number of carboxylic acids is 1. The zero-order valence-corrected chi connectivity index (χ0v) is 12.8. The fourth-order valence-electron chi connectivity index (χ4n) is 2.42. The molecule has 0 atom stereocenters. The molecule has 0 spiro atoms. The molecular weight excluding hydrogens is 324 g/mol. The molecule has 7 heteroatoms. The molecule has 3 aromatic rings. The summed E-state index contributed by atoms with van der Waals surface area (Å²) < 4.78 is 27.6. The number of hydrogen-bond acceptors (Lipinski definition) is 3. The molecule has 0 aliphatic carbocycles. The van der Waals surface area contributed by atoms with Crippen LogP contribution in [0.25, 0.3) is 10.2 Å². The van der Waals surface area contributed by atoms with Crippen LogP contribution in [0.4, 0.5) is 8.78 Å². The lowest BCUT2D eigenvalue weighted by Gasteiger charge is -2.06. The van der Waals surface area contributed by atoms with Gasteiger partial charge in [-0.15, -0.1) is 11.3 Å². The van der Waals surface area contributed by atoms with E-state index in [1.807, 2.05) is 0 Å². The van der Waals surface area contributed by atoms with Crippen LogP contribution < -0.4 is 5.56 Å². The number of benzene rings is 1. The van der Waals surface area contributed by atoms with Gasteiger partial charge >= 0.3 is 5.97 Å². The zero-order chi connectivity index (χ0) is 16.7. The maximum absolute atomic E-state index is 13.3. The highest BCUT2D eigenvalue weighted by molar-refractivity contribution is 7.20. The predicted octanol–water partition coefficient (Wildman–Crippen LogP) is 3.17. The second-order valence-corrected chi connectivity index (χ2v) is 6.17. The summed E-state index contributed by atoms with van der Waals surface area (Å²) >= 11 is 1.02. The lowest BCUT2D eigenvalue weighted by Crippen LogP contribution is -2.20. The Bertz CT molecular complexity index is 991. The maximum atomic E-state index is 13.3. The van der Waals surface area contributed by atoms with Gasteiger partial charge in [0, 0.05) is 24.4 Å². The van der Waals surface area contributed by atoms with E-state index in [0.717, 1.165) is 23.5 Å². The number of hydrogen-bond donors (Lipinski definition) is 1. The van der Waals surface area contributed by atoms with Crippen molar-refractivity contribution in [2.24, 2.45) is 7.05 Å². The summed E-state index contributed by atoms with van der Waals surface area (Å²) in [5.74, 6) is -2.97. The van der Waals surface area contributed by atoms with Crippen LogP contribution in [-0.2, 0) is 13.5 Å². The smallest absolute Gasteiger partial charge is 0.345 e. The third-order valence-corrected chi connectivity index (χ3v) is 4.76. The standard InChI is InChI=1S/C16H11F2NO3S/c1-19-14(20)9(4-8-2-3-11(17)12(18)5-8)6-10-7-13(16(21)22)23-15(10)19/h2-3,5-7H,4H2,1H3,(H,21,22). The minimum atomic E-state index is -1.05. The van der Waals surface area contributed by atoms with E-state index in [1.165, 1.54) is 16.7 Å². The zero-order valence-electron chi connectivity index (χ0n) is 12.0. The first-order chi connectivity index (χ1) is 10.9. The second kappa shape index (κ2) is 5.58. The average Bonchev–Trinajstić information content (AvgIpc) is 2.93. The summed E-state index contributed by atoms with van der Waals surface area (Å²) in [4.78, 5) is 24.1. The molecule has 0 fully saturated rings. The van der Waals surface area contributed by atoms with E-state index < -0.39 is 17.6 Å². The van der Waals surface area contributed by atoms with Gasteiger partial charge < -0.3 is 9.67 Å². The molecule has 0 aliphatic rings. The molecular formula is C16H11F2NO3S. The Morgan fingerprint density at radius 3 is 2.61 bits per heavy atom. The first-order valence-corrected chi connectivity index (χ1v) is 7.48. The third-order valence-electron chi connectivity index (χ3n) is 3.54. The van der Waals surface area contributed by atoms with Gasteiger partial charge in [-0.3, -0.25) is 4.79 Å². The Labute approximate surface area is 133 Å². The fourth-order valence-corrected chi connectivity index (χ4v) is 3.36. The molecule has 4 nitrogen and oxygen atoms in total. The largest absolute Gasteiger partial charge is 0.477 e. The van der Waals surface area contributed by atoms with Crippen molar-refractivity contribution in [1.82, 2.24) is 4.57 Å². The van der Waals surface area contributed by atoms with Gasteiger partial charge in [0.15, 0.2) is 11.6 Å². The molecule has 2 heterocycles. The van der Waals surface area contributed by atoms with Gasteiger partial charge in [-0.25, -0.2) is 13.6 Å². The van der Waals surface area contributed by atoms with Crippen LogP contribution in [0.2, 0.25) is 0 Å². The molecule has 0 amide bonds. The van der Waals surface area contributed by atoms with Crippen LogP contribution >= 0.6 is 11.3 Å². The molecule has 0 unspecified atom stereocenters. The summed E-state index contributed by atoms with van der Waals surface area (Å²) in [6, 6.07) is 6.58. The lowest BCUT2D eigenvalue weighted by molar-refractivity contribution is 0.0702. The van der Waals surface area contributed by atoms with Crippen LogP contribution in [0.3, 0.4) is 0 Å². The Kier molecular flexibility index (Phi) is 3.73. The number of aromatic carboxylic acids is 1. The van der Waals surface area contributed by atoms with Crippen molar-refractivity contribution < 1.29 is 18.7 Å². The molecule has 0 saturated heterocycles. The van der Waals surface area contributed by atoms with Gasteiger partial charge in [0.1, 0.15) is 9.71 Å². The number of carbonyl (C=O) groups is 1. The van der Waals surface area contributed by atoms with Crippen LogP contribution in [0.1, 0.15) is 20.8 Å². The van der Waals surface area contributed by atoms with Gasteiger partial charge in [-0.2, -0.15) is 0 Å². The Morgan fingerprint density at radius 1 is 1.22 bits per heavy atom. The van der Waals surface area contributed by atoms with Gasteiger partial charge in [-0.1, -0.05) is 6.07 Å². The summed E-state index contributed by atoms with van der Waals surface area (Å²) in [5, 5.41) is 9.68. The van der Waals surface area contributed by atoms with Gasteiger partial charge in [0.05, 0.1) is 0 Å². The van der Waals surface area contributed by atoms with Crippen LogP contribution in [0, 0.1) is 11.6 Å². The average molecular weight is 335 g/mol. The molecule has 0 saturated carbocycles. The van der Waals surface area contributed by atoms with E-state index in [0.29, 0.717) is 21.3 Å². The van der Waals surface area contributed by atoms with Crippen molar-refractivity contribution in [3.05, 3.63) is 68.3 Å². The van der Waals surface area contributed by atoms with Crippen molar-refractivity contribution in [3.8, 4) is 0 Å². The Balaban J connectivity index is 2.10. The molecule has 2 aromatic heterocycles. The summed E-state index contributed by atoms with van der Waals surface area (Å²) in [6.07, 6.45) is 0.137. The quantitative estimate of drug-likeness (QED) is 0.800. The van der Waals surface area contributed by atoms with E-state index in [1.54, 1.807) is 13.1 Å². The minimum absolute atomic E-state index is 0.137. The van der Waals surface area contributed by atoms with Crippen molar-refractivity contribution in [2.45, 2.75) is 6.42 Å².